The van der Waals surface area contributed by atoms with Gasteiger partial charge in [-0.1, -0.05) is 6.07 Å². The van der Waals surface area contributed by atoms with Gasteiger partial charge >= 0.3 is 0 Å². The zero-order valence-electron chi connectivity index (χ0n) is 9.76. The van der Waals surface area contributed by atoms with Gasteiger partial charge in [-0.2, -0.15) is 0 Å². The van der Waals surface area contributed by atoms with E-state index in [9.17, 15) is 15.3 Å². The Labute approximate surface area is 101 Å². The van der Waals surface area contributed by atoms with Gasteiger partial charge in [-0.05, 0) is 43.4 Å². The van der Waals surface area contributed by atoms with Gasteiger partial charge in [0.15, 0.2) is 11.5 Å². The molecule has 0 aliphatic heterocycles. The fourth-order valence-electron chi connectivity index (χ4n) is 2.22. The summed E-state index contributed by atoms with van der Waals surface area (Å²) in [4.78, 5) is 0. The number of aliphatic hydroxyl groups excluding tert-OH is 1. The number of benzene rings is 1. The molecule has 1 aliphatic carbocycles. The second-order valence-corrected chi connectivity index (χ2v) is 4.71. The summed E-state index contributed by atoms with van der Waals surface area (Å²) in [5.41, 5.74) is 0.950. The van der Waals surface area contributed by atoms with Gasteiger partial charge in [-0.3, -0.25) is 0 Å². The van der Waals surface area contributed by atoms with Gasteiger partial charge in [0.25, 0.3) is 0 Å². The highest BCUT2D eigenvalue weighted by Gasteiger charge is 2.18. The van der Waals surface area contributed by atoms with Crippen molar-refractivity contribution in [1.82, 2.24) is 5.32 Å². The van der Waals surface area contributed by atoms with Crippen LogP contribution in [0, 0.1) is 0 Å². The zero-order valence-corrected chi connectivity index (χ0v) is 9.76. The smallest absolute Gasteiger partial charge is 0.157 e. The first-order valence-corrected chi connectivity index (χ1v) is 6.07. The Morgan fingerprint density at radius 1 is 1.06 bits per heavy atom. The van der Waals surface area contributed by atoms with E-state index in [1.54, 1.807) is 12.1 Å². The quantitative estimate of drug-likeness (QED) is 0.601. The predicted molar refractivity (Wildman–Crippen MR) is 64.9 cm³/mol. The van der Waals surface area contributed by atoms with Crippen LogP contribution in [0.2, 0.25) is 0 Å². The molecule has 0 atom stereocenters. The van der Waals surface area contributed by atoms with E-state index >= 15 is 0 Å². The van der Waals surface area contributed by atoms with Crippen LogP contribution in [0.3, 0.4) is 0 Å². The van der Waals surface area contributed by atoms with Crippen molar-refractivity contribution in [3.63, 3.8) is 0 Å². The predicted octanol–water partition coefficient (Wildman–Crippen LogP) is 1.49. The summed E-state index contributed by atoms with van der Waals surface area (Å²) < 4.78 is 0. The van der Waals surface area contributed by atoms with E-state index in [1.807, 2.05) is 0 Å². The van der Waals surface area contributed by atoms with Crippen LogP contribution >= 0.6 is 0 Å². The number of phenolic OH excluding ortho intramolecular Hbond substituents is 2. The SMILES string of the molecule is Oc1ccc(CNC2CCC(O)CC2)cc1O. The Morgan fingerprint density at radius 3 is 2.41 bits per heavy atom. The Kier molecular flexibility index (Phi) is 3.86. The lowest BCUT2D eigenvalue weighted by Crippen LogP contribution is -2.34. The van der Waals surface area contributed by atoms with Crippen molar-refractivity contribution in [2.24, 2.45) is 0 Å². The van der Waals surface area contributed by atoms with Crippen molar-refractivity contribution in [1.29, 1.82) is 0 Å². The maximum atomic E-state index is 9.39. The lowest BCUT2D eigenvalue weighted by Gasteiger charge is -2.26. The summed E-state index contributed by atoms with van der Waals surface area (Å²) >= 11 is 0. The van der Waals surface area contributed by atoms with Crippen LogP contribution in [0.25, 0.3) is 0 Å². The summed E-state index contributed by atoms with van der Waals surface area (Å²) in [5.74, 6) is -0.169. The van der Waals surface area contributed by atoms with Gasteiger partial charge in [0.05, 0.1) is 6.10 Å². The van der Waals surface area contributed by atoms with Crippen LogP contribution in [0.15, 0.2) is 18.2 Å². The zero-order chi connectivity index (χ0) is 12.3. The molecule has 0 saturated heterocycles. The Balaban J connectivity index is 1.83. The van der Waals surface area contributed by atoms with E-state index < -0.39 is 0 Å². The topological polar surface area (TPSA) is 72.7 Å². The minimum Gasteiger partial charge on any atom is -0.504 e. The van der Waals surface area contributed by atoms with Gasteiger partial charge in [0, 0.05) is 12.6 Å². The molecule has 0 spiro atoms. The molecule has 4 heteroatoms. The first-order chi connectivity index (χ1) is 8.15. The molecule has 17 heavy (non-hydrogen) atoms. The highest BCUT2D eigenvalue weighted by Crippen LogP contribution is 2.25. The standard InChI is InChI=1S/C13H19NO3/c15-11-4-2-10(3-5-11)14-8-9-1-6-12(16)13(17)7-9/h1,6-7,10-11,14-17H,2-5,8H2. The van der Waals surface area contributed by atoms with Crippen LogP contribution in [0.4, 0.5) is 0 Å². The lowest BCUT2D eigenvalue weighted by atomic mass is 9.93. The minimum atomic E-state index is -0.134. The average Bonchev–Trinajstić information content (AvgIpc) is 2.33. The molecule has 1 aromatic carbocycles. The number of nitrogens with one attached hydrogen (secondary N) is 1. The van der Waals surface area contributed by atoms with Crippen molar-refractivity contribution >= 4 is 0 Å². The molecule has 4 N–H and O–H groups in total. The highest BCUT2D eigenvalue weighted by atomic mass is 16.3. The molecular weight excluding hydrogens is 218 g/mol. The molecule has 4 nitrogen and oxygen atoms in total. The molecule has 0 heterocycles. The van der Waals surface area contributed by atoms with Crippen molar-refractivity contribution in [2.75, 3.05) is 0 Å². The van der Waals surface area contributed by atoms with Crippen molar-refractivity contribution in [3.05, 3.63) is 23.8 Å². The van der Waals surface area contributed by atoms with Crippen LogP contribution in [0.1, 0.15) is 31.2 Å². The van der Waals surface area contributed by atoms with Crippen molar-refractivity contribution < 1.29 is 15.3 Å². The fraction of sp³-hybridized carbons (Fsp3) is 0.538. The lowest BCUT2D eigenvalue weighted by molar-refractivity contribution is 0.116. The molecule has 1 saturated carbocycles. The maximum Gasteiger partial charge on any atom is 0.157 e. The molecule has 0 aromatic heterocycles. The Hall–Kier alpha value is -1.26. The van der Waals surface area contributed by atoms with E-state index in [2.05, 4.69) is 5.32 Å². The molecule has 0 unspecified atom stereocenters. The maximum absolute atomic E-state index is 9.39. The second kappa shape index (κ2) is 5.38. The van der Waals surface area contributed by atoms with Crippen molar-refractivity contribution in [2.45, 2.75) is 44.4 Å². The summed E-state index contributed by atoms with van der Waals surface area (Å²) in [6.45, 7) is 0.675. The molecule has 0 amide bonds. The largest absolute Gasteiger partial charge is 0.504 e. The number of aromatic hydroxyl groups is 2. The number of hydrogen-bond donors (Lipinski definition) is 4. The normalized spacial score (nSPS) is 24.8. The van der Waals surface area contributed by atoms with Gasteiger partial charge in [0.2, 0.25) is 0 Å². The Morgan fingerprint density at radius 2 is 1.76 bits per heavy atom. The number of aliphatic hydroxyl groups is 1. The molecule has 1 fully saturated rings. The molecule has 94 valence electrons. The van der Waals surface area contributed by atoms with Crippen LogP contribution < -0.4 is 5.32 Å². The van der Waals surface area contributed by atoms with Gasteiger partial charge in [0.1, 0.15) is 0 Å². The summed E-state index contributed by atoms with van der Waals surface area (Å²) in [7, 11) is 0. The molecular formula is C13H19NO3. The molecule has 0 radical (unpaired) electrons. The fourth-order valence-corrected chi connectivity index (χ4v) is 2.22. The van der Waals surface area contributed by atoms with Gasteiger partial charge in [-0.25, -0.2) is 0 Å². The summed E-state index contributed by atoms with van der Waals surface area (Å²) in [5, 5.41) is 31.3. The van der Waals surface area contributed by atoms with Crippen molar-refractivity contribution in [3.8, 4) is 11.5 Å². The van der Waals surface area contributed by atoms with E-state index in [0.29, 0.717) is 12.6 Å². The number of phenols is 2. The third-order valence-electron chi connectivity index (χ3n) is 3.33. The first-order valence-electron chi connectivity index (χ1n) is 6.07. The average molecular weight is 237 g/mol. The minimum absolute atomic E-state index is 0.0802. The van der Waals surface area contributed by atoms with Crippen LogP contribution in [0.5, 0.6) is 11.5 Å². The molecule has 0 bridgehead atoms. The number of hydrogen-bond acceptors (Lipinski definition) is 4. The number of rotatable bonds is 3. The van der Waals surface area contributed by atoms with E-state index in [1.165, 1.54) is 6.07 Å². The first kappa shape index (κ1) is 12.2. The molecule has 1 aromatic rings. The van der Waals surface area contributed by atoms with E-state index in [4.69, 9.17) is 0 Å². The van der Waals surface area contributed by atoms with Gasteiger partial charge < -0.3 is 20.6 Å². The summed E-state index contributed by atoms with van der Waals surface area (Å²) in [6, 6.07) is 5.30. The second-order valence-electron chi connectivity index (χ2n) is 4.71. The highest BCUT2D eigenvalue weighted by molar-refractivity contribution is 5.40. The molecule has 2 rings (SSSR count). The summed E-state index contributed by atoms with van der Waals surface area (Å²) in [6.07, 6.45) is 3.57. The van der Waals surface area contributed by atoms with Crippen LogP contribution in [-0.2, 0) is 6.54 Å². The third-order valence-corrected chi connectivity index (χ3v) is 3.33. The van der Waals surface area contributed by atoms with Crippen LogP contribution in [-0.4, -0.2) is 27.5 Å². The Bertz CT molecular complexity index is 373. The van der Waals surface area contributed by atoms with E-state index in [-0.39, 0.29) is 17.6 Å². The van der Waals surface area contributed by atoms with Gasteiger partial charge in [-0.15, -0.1) is 0 Å². The molecule has 1 aliphatic rings. The monoisotopic (exact) mass is 237 g/mol. The van der Waals surface area contributed by atoms with E-state index in [0.717, 1.165) is 31.2 Å². The third kappa shape index (κ3) is 3.35.